The molecule has 0 atom stereocenters. The first kappa shape index (κ1) is 12.4. The van der Waals surface area contributed by atoms with E-state index in [-0.39, 0.29) is 0 Å². The van der Waals surface area contributed by atoms with Gasteiger partial charge in [-0.15, -0.1) is 0 Å². The standard InChI is InChI=1S/C17H18OSi/c1-12(2)18-19-17-9-5-8-15-14-7-4-3-6-13(14)10-11-16(15)17/h3-12H,19H2,1-2H3. The zero-order valence-corrected chi connectivity index (χ0v) is 12.8. The van der Waals surface area contributed by atoms with Crippen molar-refractivity contribution in [3.63, 3.8) is 0 Å². The van der Waals surface area contributed by atoms with Crippen LogP contribution < -0.4 is 5.19 Å². The van der Waals surface area contributed by atoms with E-state index in [0.29, 0.717) is 6.10 Å². The highest BCUT2D eigenvalue weighted by molar-refractivity contribution is 6.51. The van der Waals surface area contributed by atoms with E-state index in [1.54, 1.807) is 0 Å². The summed E-state index contributed by atoms with van der Waals surface area (Å²) in [4.78, 5) is 0. The fraction of sp³-hybridized carbons (Fsp3) is 0.176. The average molecular weight is 266 g/mol. The Bertz CT molecular complexity index is 719. The minimum atomic E-state index is -0.647. The van der Waals surface area contributed by atoms with Crippen LogP contribution in [0.25, 0.3) is 21.5 Å². The third-order valence-electron chi connectivity index (χ3n) is 3.45. The monoisotopic (exact) mass is 266 g/mol. The van der Waals surface area contributed by atoms with E-state index in [4.69, 9.17) is 4.43 Å². The van der Waals surface area contributed by atoms with Crippen molar-refractivity contribution >= 4 is 36.5 Å². The number of hydrogen-bond donors (Lipinski definition) is 0. The van der Waals surface area contributed by atoms with Crippen LogP contribution in [0, 0.1) is 0 Å². The van der Waals surface area contributed by atoms with Crippen LogP contribution in [-0.2, 0) is 4.43 Å². The van der Waals surface area contributed by atoms with Crippen LogP contribution in [0.4, 0.5) is 0 Å². The molecule has 19 heavy (non-hydrogen) atoms. The van der Waals surface area contributed by atoms with Crippen molar-refractivity contribution in [3.05, 3.63) is 54.6 Å². The molecule has 0 aromatic heterocycles. The minimum absolute atomic E-state index is 0.322. The maximum atomic E-state index is 5.89. The molecule has 0 unspecified atom stereocenters. The molecule has 0 fully saturated rings. The molecule has 0 radical (unpaired) electrons. The van der Waals surface area contributed by atoms with Crippen molar-refractivity contribution in [1.29, 1.82) is 0 Å². The summed E-state index contributed by atoms with van der Waals surface area (Å²) in [7, 11) is -0.647. The van der Waals surface area contributed by atoms with Gasteiger partial charge in [-0.1, -0.05) is 54.6 Å². The van der Waals surface area contributed by atoms with Crippen LogP contribution in [0.1, 0.15) is 13.8 Å². The van der Waals surface area contributed by atoms with E-state index in [0.717, 1.165) is 0 Å². The minimum Gasteiger partial charge on any atom is -0.416 e. The molecule has 0 aliphatic heterocycles. The molecule has 0 amide bonds. The molecule has 3 aromatic rings. The number of rotatable bonds is 3. The Balaban J connectivity index is 2.17. The summed E-state index contributed by atoms with van der Waals surface area (Å²) in [6.45, 7) is 4.21. The second-order valence-electron chi connectivity index (χ2n) is 5.16. The van der Waals surface area contributed by atoms with Gasteiger partial charge >= 0.3 is 0 Å². The van der Waals surface area contributed by atoms with Gasteiger partial charge in [0.25, 0.3) is 0 Å². The topological polar surface area (TPSA) is 9.23 Å². The predicted octanol–water partition coefficient (Wildman–Crippen LogP) is 3.13. The van der Waals surface area contributed by atoms with Crippen molar-refractivity contribution in [2.45, 2.75) is 20.0 Å². The molecule has 0 saturated carbocycles. The lowest BCUT2D eigenvalue weighted by Crippen LogP contribution is -2.21. The first-order chi connectivity index (χ1) is 9.25. The summed E-state index contributed by atoms with van der Waals surface area (Å²) in [6, 6.07) is 19.6. The van der Waals surface area contributed by atoms with Gasteiger partial charge in [0.15, 0.2) is 9.76 Å². The zero-order valence-electron chi connectivity index (χ0n) is 11.4. The van der Waals surface area contributed by atoms with E-state index >= 15 is 0 Å². The summed E-state index contributed by atoms with van der Waals surface area (Å²) >= 11 is 0. The molecule has 0 spiro atoms. The SMILES string of the molecule is CC(C)O[SiH2]c1cccc2c1ccc1ccccc12. The number of benzene rings is 3. The zero-order chi connectivity index (χ0) is 13.2. The van der Waals surface area contributed by atoms with Gasteiger partial charge < -0.3 is 4.43 Å². The van der Waals surface area contributed by atoms with E-state index in [1.807, 2.05) is 0 Å². The maximum absolute atomic E-state index is 5.89. The molecule has 0 N–H and O–H groups in total. The average Bonchev–Trinajstić information content (AvgIpc) is 2.44. The Labute approximate surface area is 116 Å². The fourth-order valence-electron chi connectivity index (χ4n) is 2.49. The van der Waals surface area contributed by atoms with Gasteiger partial charge in [-0.25, -0.2) is 0 Å². The molecule has 3 rings (SSSR count). The van der Waals surface area contributed by atoms with E-state index in [9.17, 15) is 0 Å². The quantitative estimate of drug-likeness (QED) is 0.523. The smallest absolute Gasteiger partial charge is 0.193 e. The lowest BCUT2D eigenvalue weighted by atomic mass is 10.0. The molecular weight excluding hydrogens is 248 g/mol. The second-order valence-corrected chi connectivity index (χ2v) is 6.54. The maximum Gasteiger partial charge on any atom is 0.193 e. The summed E-state index contributed by atoms with van der Waals surface area (Å²) in [5, 5.41) is 6.74. The normalized spacial score (nSPS) is 12.2. The number of fused-ring (bicyclic) bond motifs is 3. The van der Waals surface area contributed by atoms with E-state index in [1.165, 1.54) is 26.7 Å². The number of hydrogen-bond acceptors (Lipinski definition) is 1. The summed E-state index contributed by atoms with van der Waals surface area (Å²) in [5.74, 6) is 0. The molecule has 0 bridgehead atoms. The van der Waals surface area contributed by atoms with E-state index < -0.39 is 9.76 Å². The molecular formula is C17H18OSi. The summed E-state index contributed by atoms with van der Waals surface area (Å²) in [6.07, 6.45) is 0.322. The Morgan fingerprint density at radius 2 is 1.58 bits per heavy atom. The van der Waals surface area contributed by atoms with Crippen molar-refractivity contribution < 1.29 is 4.43 Å². The van der Waals surface area contributed by atoms with Crippen LogP contribution in [-0.4, -0.2) is 15.9 Å². The first-order valence-electron chi connectivity index (χ1n) is 6.76. The van der Waals surface area contributed by atoms with E-state index in [2.05, 4.69) is 68.4 Å². The highest BCUT2D eigenvalue weighted by Crippen LogP contribution is 2.23. The Morgan fingerprint density at radius 3 is 2.42 bits per heavy atom. The molecule has 0 aliphatic rings. The van der Waals surface area contributed by atoms with Gasteiger partial charge in [-0.3, -0.25) is 0 Å². The Kier molecular flexibility index (Phi) is 3.36. The van der Waals surface area contributed by atoms with Gasteiger partial charge in [-0.2, -0.15) is 0 Å². The molecule has 3 aromatic carbocycles. The van der Waals surface area contributed by atoms with Crippen LogP contribution in [0.15, 0.2) is 54.6 Å². The molecule has 2 heteroatoms. The second kappa shape index (κ2) is 5.15. The van der Waals surface area contributed by atoms with Crippen LogP contribution in [0.2, 0.25) is 0 Å². The fourth-order valence-corrected chi connectivity index (χ4v) is 3.70. The van der Waals surface area contributed by atoms with Crippen molar-refractivity contribution in [2.24, 2.45) is 0 Å². The highest BCUT2D eigenvalue weighted by atomic mass is 28.2. The summed E-state index contributed by atoms with van der Waals surface area (Å²) in [5.41, 5.74) is 0. The summed E-state index contributed by atoms with van der Waals surface area (Å²) < 4.78 is 5.89. The third kappa shape index (κ3) is 2.42. The van der Waals surface area contributed by atoms with Gasteiger partial charge in [-0.05, 0) is 40.6 Å². The van der Waals surface area contributed by atoms with Crippen molar-refractivity contribution in [1.82, 2.24) is 0 Å². The van der Waals surface area contributed by atoms with Gasteiger partial charge in [0.1, 0.15) is 0 Å². The highest BCUT2D eigenvalue weighted by Gasteiger charge is 2.05. The Morgan fingerprint density at radius 1 is 0.789 bits per heavy atom. The lowest BCUT2D eigenvalue weighted by Gasteiger charge is -2.11. The van der Waals surface area contributed by atoms with Crippen LogP contribution >= 0.6 is 0 Å². The van der Waals surface area contributed by atoms with Crippen LogP contribution in [0.5, 0.6) is 0 Å². The lowest BCUT2D eigenvalue weighted by molar-refractivity contribution is 0.260. The van der Waals surface area contributed by atoms with Gasteiger partial charge in [0.05, 0.1) is 0 Å². The predicted molar refractivity (Wildman–Crippen MR) is 85.9 cm³/mol. The molecule has 0 saturated heterocycles. The van der Waals surface area contributed by atoms with Gasteiger partial charge in [0.2, 0.25) is 0 Å². The largest absolute Gasteiger partial charge is 0.416 e. The van der Waals surface area contributed by atoms with Crippen molar-refractivity contribution in [2.75, 3.05) is 0 Å². The van der Waals surface area contributed by atoms with Crippen LogP contribution in [0.3, 0.4) is 0 Å². The molecule has 0 aliphatic carbocycles. The van der Waals surface area contributed by atoms with Crippen molar-refractivity contribution in [3.8, 4) is 0 Å². The third-order valence-corrected chi connectivity index (χ3v) is 5.21. The first-order valence-corrected chi connectivity index (χ1v) is 8.05. The van der Waals surface area contributed by atoms with Gasteiger partial charge in [0, 0.05) is 6.10 Å². The molecule has 1 nitrogen and oxygen atoms in total. The Hall–Kier alpha value is -1.64. The molecule has 0 heterocycles. The molecule has 96 valence electrons.